The summed E-state index contributed by atoms with van der Waals surface area (Å²) in [5.41, 5.74) is 0.426. The van der Waals surface area contributed by atoms with Gasteiger partial charge in [-0.05, 0) is 58.9 Å². The molecule has 1 unspecified atom stereocenters. The van der Waals surface area contributed by atoms with Gasteiger partial charge in [-0.15, -0.1) is 0 Å². The molecule has 2 heterocycles. The molecule has 0 aliphatic carbocycles. The lowest BCUT2D eigenvalue weighted by Crippen LogP contribution is -2.41. The average Bonchev–Trinajstić information content (AvgIpc) is 2.93. The molecule has 1 fully saturated rings. The molecule has 1 aromatic heterocycles. The Morgan fingerprint density at radius 3 is 2.27 bits per heavy atom. The van der Waals surface area contributed by atoms with Crippen molar-refractivity contribution in [2.24, 2.45) is 0 Å². The quantitative estimate of drug-likeness (QED) is 0.717. The second kappa shape index (κ2) is 8.00. The fourth-order valence-electron chi connectivity index (χ4n) is 3.22. The first-order valence-electron chi connectivity index (χ1n) is 10.0. The standard InChI is InChI=1S/C22H29BFN3O3/c1-15(19-10-8-9-13-25-19)26(6)20(28)27(7)16-11-12-17(18(24)14-16)23-29-21(2,3)22(4,5)30-23/h8-15H,1-7H3. The maximum absolute atomic E-state index is 14.9. The summed E-state index contributed by atoms with van der Waals surface area (Å²) in [7, 11) is 2.53. The van der Waals surface area contributed by atoms with Crippen LogP contribution in [0.15, 0.2) is 42.6 Å². The molecule has 3 rings (SSSR count). The topological polar surface area (TPSA) is 54.9 Å². The fourth-order valence-corrected chi connectivity index (χ4v) is 3.22. The Hall–Kier alpha value is -2.45. The highest BCUT2D eigenvalue weighted by atomic mass is 19.1. The van der Waals surface area contributed by atoms with Crippen LogP contribution in [0.4, 0.5) is 14.9 Å². The van der Waals surface area contributed by atoms with E-state index in [-0.39, 0.29) is 12.1 Å². The largest absolute Gasteiger partial charge is 0.497 e. The second-order valence-corrected chi connectivity index (χ2v) is 8.68. The van der Waals surface area contributed by atoms with E-state index in [1.807, 2.05) is 52.8 Å². The van der Waals surface area contributed by atoms with Crippen LogP contribution < -0.4 is 10.4 Å². The minimum absolute atomic E-state index is 0.227. The SMILES string of the molecule is CC(c1ccccn1)N(C)C(=O)N(C)c1ccc(B2OC(C)(C)C(C)(C)O2)c(F)c1. The van der Waals surface area contributed by atoms with Gasteiger partial charge in [0.1, 0.15) is 5.82 Å². The predicted octanol–water partition coefficient (Wildman–Crippen LogP) is 3.77. The molecule has 1 aromatic carbocycles. The molecule has 2 amide bonds. The van der Waals surface area contributed by atoms with Crippen molar-refractivity contribution in [1.82, 2.24) is 9.88 Å². The van der Waals surface area contributed by atoms with E-state index in [0.717, 1.165) is 5.69 Å². The Bertz CT molecular complexity index is 907. The Morgan fingerprint density at radius 1 is 1.10 bits per heavy atom. The molecule has 1 atom stereocenters. The Morgan fingerprint density at radius 2 is 1.73 bits per heavy atom. The third kappa shape index (κ3) is 4.07. The Kier molecular flexibility index (Phi) is 5.93. The highest BCUT2D eigenvalue weighted by Crippen LogP contribution is 2.36. The summed E-state index contributed by atoms with van der Waals surface area (Å²) >= 11 is 0. The summed E-state index contributed by atoms with van der Waals surface area (Å²) in [6.07, 6.45) is 1.69. The van der Waals surface area contributed by atoms with Crippen LogP contribution in [-0.4, -0.2) is 48.3 Å². The molecule has 1 aliphatic rings. The smallest absolute Gasteiger partial charge is 0.399 e. The Labute approximate surface area is 178 Å². The first-order chi connectivity index (χ1) is 13.9. The summed E-state index contributed by atoms with van der Waals surface area (Å²) in [5, 5.41) is 0. The van der Waals surface area contributed by atoms with E-state index < -0.39 is 24.1 Å². The molecule has 0 bridgehead atoms. The van der Waals surface area contributed by atoms with Crippen molar-refractivity contribution in [3.05, 3.63) is 54.1 Å². The van der Waals surface area contributed by atoms with Gasteiger partial charge >= 0.3 is 13.1 Å². The molecule has 30 heavy (non-hydrogen) atoms. The van der Waals surface area contributed by atoms with E-state index in [4.69, 9.17) is 9.31 Å². The monoisotopic (exact) mass is 413 g/mol. The van der Waals surface area contributed by atoms with Crippen LogP contribution in [0.2, 0.25) is 0 Å². The number of rotatable bonds is 4. The van der Waals surface area contributed by atoms with Gasteiger partial charge in [-0.1, -0.05) is 12.1 Å². The number of carbonyl (C=O) groups is 1. The molecule has 8 heteroatoms. The number of urea groups is 1. The van der Waals surface area contributed by atoms with E-state index in [1.165, 1.54) is 11.0 Å². The number of hydrogen-bond acceptors (Lipinski definition) is 4. The van der Waals surface area contributed by atoms with Gasteiger partial charge in [-0.25, -0.2) is 9.18 Å². The zero-order valence-corrected chi connectivity index (χ0v) is 18.6. The number of anilines is 1. The van der Waals surface area contributed by atoms with Gasteiger partial charge in [-0.3, -0.25) is 9.88 Å². The number of amides is 2. The van der Waals surface area contributed by atoms with Crippen LogP contribution in [0.1, 0.15) is 46.4 Å². The van der Waals surface area contributed by atoms with Crippen molar-refractivity contribution in [2.75, 3.05) is 19.0 Å². The van der Waals surface area contributed by atoms with Crippen LogP contribution >= 0.6 is 0 Å². The van der Waals surface area contributed by atoms with Gasteiger partial charge in [-0.2, -0.15) is 0 Å². The third-order valence-electron chi connectivity index (χ3n) is 6.16. The van der Waals surface area contributed by atoms with Crippen molar-refractivity contribution in [3.63, 3.8) is 0 Å². The van der Waals surface area contributed by atoms with Crippen LogP contribution in [-0.2, 0) is 9.31 Å². The number of carbonyl (C=O) groups excluding carboxylic acids is 1. The van der Waals surface area contributed by atoms with E-state index >= 15 is 0 Å². The van der Waals surface area contributed by atoms with E-state index in [9.17, 15) is 9.18 Å². The van der Waals surface area contributed by atoms with Gasteiger partial charge in [0.2, 0.25) is 0 Å². The van der Waals surface area contributed by atoms with Gasteiger partial charge in [0.25, 0.3) is 0 Å². The molecule has 0 radical (unpaired) electrons. The molecule has 0 spiro atoms. The van der Waals surface area contributed by atoms with E-state index in [1.54, 1.807) is 37.3 Å². The molecule has 6 nitrogen and oxygen atoms in total. The first kappa shape index (κ1) is 22.2. The summed E-state index contributed by atoms with van der Waals surface area (Å²) in [6.45, 7) is 9.58. The first-order valence-corrected chi connectivity index (χ1v) is 10.0. The van der Waals surface area contributed by atoms with E-state index in [0.29, 0.717) is 11.2 Å². The molecule has 0 saturated carbocycles. The number of hydrogen-bond donors (Lipinski definition) is 0. The van der Waals surface area contributed by atoms with Crippen LogP contribution in [0.3, 0.4) is 0 Å². The zero-order chi connectivity index (χ0) is 22.3. The normalized spacial score (nSPS) is 18.2. The molecular formula is C22H29BFN3O3. The van der Waals surface area contributed by atoms with Gasteiger partial charge in [0.05, 0.1) is 22.9 Å². The highest BCUT2D eigenvalue weighted by molar-refractivity contribution is 6.62. The second-order valence-electron chi connectivity index (χ2n) is 8.68. The van der Waals surface area contributed by atoms with E-state index in [2.05, 4.69) is 4.98 Å². The van der Waals surface area contributed by atoms with Crippen molar-refractivity contribution in [1.29, 1.82) is 0 Å². The molecule has 2 aromatic rings. The van der Waals surface area contributed by atoms with Crippen LogP contribution in [0.25, 0.3) is 0 Å². The zero-order valence-electron chi connectivity index (χ0n) is 18.6. The minimum Gasteiger partial charge on any atom is -0.399 e. The van der Waals surface area contributed by atoms with Gasteiger partial charge in [0.15, 0.2) is 0 Å². The highest BCUT2D eigenvalue weighted by Gasteiger charge is 2.52. The summed E-state index contributed by atoms with van der Waals surface area (Å²) in [5.74, 6) is -0.480. The predicted molar refractivity (Wildman–Crippen MR) is 116 cm³/mol. The number of nitrogens with zero attached hydrogens (tertiary/aromatic N) is 3. The number of halogens is 1. The number of aromatic nitrogens is 1. The number of pyridine rings is 1. The molecule has 0 N–H and O–H groups in total. The summed E-state index contributed by atoms with van der Waals surface area (Å²) in [6, 6.07) is 9.72. The lowest BCUT2D eigenvalue weighted by Gasteiger charge is -2.32. The summed E-state index contributed by atoms with van der Waals surface area (Å²) < 4.78 is 26.8. The van der Waals surface area contributed by atoms with Crippen molar-refractivity contribution >= 4 is 24.3 Å². The van der Waals surface area contributed by atoms with Gasteiger partial charge in [0, 0.05) is 31.4 Å². The molecule has 1 saturated heterocycles. The van der Waals surface area contributed by atoms with Gasteiger partial charge < -0.3 is 14.2 Å². The van der Waals surface area contributed by atoms with Crippen LogP contribution in [0, 0.1) is 5.82 Å². The number of benzene rings is 1. The molecular weight excluding hydrogens is 384 g/mol. The Balaban J connectivity index is 1.77. The summed E-state index contributed by atoms with van der Waals surface area (Å²) in [4.78, 5) is 20.2. The van der Waals surface area contributed by atoms with Crippen LogP contribution in [0.5, 0.6) is 0 Å². The lowest BCUT2D eigenvalue weighted by atomic mass is 9.78. The lowest BCUT2D eigenvalue weighted by molar-refractivity contribution is 0.00578. The fraction of sp³-hybridized carbons (Fsp3) is 0.455. The molecule has 160 valence electrons. The molecule has 1 aliphatic heterocycles. The average molecular weight is 413 g/mol. The minimum atomic E-state index is -0.795. The maximum Gasteiger partial charge on any atom is 0.497 e. The van der Waals surface area contributed by atoms with Crippen molar-refractivity contribution < 1.29 is 18.5 Å². The maximum atomic E-state index is 14.9. The van der Waals surface area contributed by atoms with Crippen molar-refractivity contribution in [2.45, 2.75) is 51.9 Å². The third-order valence-corrected chi connectivity index (χ3v) is 6.16. The van der Waals surface area contributed by atoms with Crippen molar-refractivity contribution in [3.8, 4) is 0 Å².